The average molecular weight is 310 g/mol. The highest BCUT2D eigenvalue weighted by molar-refractivity contribution is 8.00. The molecular weight excluding hydrogens is 288 g/mol. The quantitative estimate of drug-likeness (QED) is 0.649. The summed E-state index contributed by atoms with van der Waals surface area (Å²) in [6.07, 6.45) is 0. The van der Waals surface area contributed by atoms with Crippen molar-refractivity contribution in [2.24, 2.45) is 10.7 Å². The molecule has 0 spiro atoms. The van der Waals surface area contributed by atoms with Gasteiger partial charge < -0.3 is 20.4 Å². The number of hydrogen-bond acceptors (Lipinski definition) is 4. The zero-order valence-corrected chi connectivity index (χ0v) is 13.5. The fourth-order valence-electron chi connectivity index (χ4n) is 2.30. The van der Waals surface area contributed by atoms with Crippen LogP contribution in [-0.4, -0.2) is 47.4 Å². The van der Waals surface area contributed by atoms with Crippen molar-refractivity contribution < 1.29 is 9.21 Å². The molecule has 2 rings (SSSR count). The Morgan fingerprint density at radius 1 is 1.57 bits per heavy atom. The molecular formula is C14H22N4O2S. The normalized spacial score (nSPS) is 18.6. The highest BCUT2D eigenvalue weighted by Crippen LogP contribution is 2.29. The number of carbonyl (C=O) groups is 1. The molecule has 1 amide bonds. The van der Waals surface area contributed by atoms with E-state index in [1.54, 1.807) is 19.2 Å². The molecule has 1 fully saturated rings. The molecule has 0 aromatic carbocycles. The minimum atomic E-state index is -0.555. The van der Waals surface area contributed by atoms with E-state index in [1.807, 2.05) is 11.8 Å². The molecule has 0 bridgehead atoms. The summed E-state index contributed by atoms with van der Waals surface area (Å²) in [6.45, 7) is 6.87. The van der Waals surface area contributed by atoms with Crippen molar-refractivity contribution in [2.45, 2.75) is 25.1 Å². The fraction of sp³-hybridized carbons (Fsp3) is 0.571. The Kier molecular flexibility index (Phi) is 4.82. The number of nitrogens with one attached hydrogen (secondary N) is 1. The maximum absolute atomic E-state index is 11.0. The van der Waals surface area contributed by atoms with Gasteiger partial charge in [-0.1, -0.05) is 0 Å². The van der Waals surface area contributed by atoms with Gasteiger partial charge in [0.1, 0.15) is 5.76 Å². The van der Waals surface area contributed by atoms with Crippen molar-refractivity contribution in [3.63, 3.8) is 0 Å². The molecule has 3 N–H and O–H groups in total. The Labute approximate surface area is 129 Å². The average Bonchev–Trinajstić information content (AvgIpc) is 2.87. The van der Waals surface area contributed by atoms with Crippen LogP contribution in [0, 0.1) is 0 Å². The van der Waals surface area contributed by atoms with Crippen LogP contribution < -0.4 is 11.1 Å². The number of thioether (sulfide) groups is 1. The van der Waals surface area contributed by atoms with Gasteiger partial charge in [0.25, 0.3) is 5.91 Å². The van der Waals surface area contributed by atoms with Crippen LogP contribution in [0.2, 0.25) is 0 Å². The summed E-state index contributed by atoms with van der Waals surface area (Å²) in [5.41, 5.74) is 5.17. The smallest absolute Gasteiger partial charge is 0.284 e. The number of furan rings is 1. The second-order valence-corrected chi connectivity index (χ2v) is 7.36. The number of hydrogen-bond donors (Lipinski definition) is 2. The van der Waals surface area contributed by atoms with Crippen molar-refractivity contribution in [1.29, 1.82) is 0 Å². The third-order valence-electron chi connectivity index (χ3n) is 3.26. The second-order valence-electron chi connectivity index (χ2n) is 5.56. The molecule has 1 aromatic heterocycles. The standard InChI is InChI=1S/C14H22N4O2S/c1-14(2)9-18(6-7-21-14)13(16-3)17-8-10-4-5-11(20-10)12(15)19/h4-5H,6-9H2,1-3H3,(H2,15,19)(H,16,17). The van der Waals surface area contributed by atoms with E-state index in [2.05, 4.69) is 29.1 Å². The van der Waals surface area contributed by atoms with Gasteiger partial charge in [-0.05, 0) is 26.0 Å². The maximum Gasteiger partial charge on any atom is 0.284 e. The van der Waals surface area contributed by atoms with Crippen LogP contribution in [0.15, 0.2) is 21.5 Å². The topological polar surface area (TPSA) is 83.9 Å². The lowest BCUT2D eigenvalue weighted by Crippen LogP contribution is -2.50. The number of amides is 1. The van der Waals surface area contributed by atoms with E-state index in [1.165, 1.54) is 0 Å². The van der Waals surface area contributed by atoms with Crippen LogP contribution in [-0.2, 0) is 6.54 Å². The summed E-state index contributed by atoms with van der Waals surface area (Å²) in [5, 5.41) is 3.27. The molecule has 0 aliphatic carbocycles. The van der Waals surface area contributed by atoms with Gasteiger partial charge >= 0.3 is 0 Å². The lowest BCUT2D eigenvalue weighted by molar-refractivity contribution is 0.0972. The maximum atomic E-state index is 11.0. The highest BCUT2D eigenvalue weighted by Gasteiger charge is 2.28. The molecule has 21 heavy (non-hydrogen) atoms. The van der Waals surface area contributed by atoms with Crippen LogP contribution in [0.1, 0.15) is 30.2 Å². The minimum absolute atomic E-state index is 0.178. The molecule has 7 heteroatoms. The zero-order chi connectivity index (χ0) is 15.5. The van der Waals surface area contributed by atoms with Gasteiger partial charge in [0.15, 0.2) is 11.7 Å². The van der Waals surface area contributed by atoms with E-state index in [-0.39, 0.29) is 10.5 Å². The van der Waals surface area contributed by atoms with Crippen LogP contribution >= 0.6 is 11.8 Å². The molecule has 116 valence electrons. The van der Waals surface area contributed by atoms with Crippen molar-refractivity contribution in [3.05, 3.63) is 23.7 Å². The first-order valence-corrected chi connectivity index (χ1v) is 7.88. The lowest BCUT2D eigenvalue weighted by Gasteiger charge is -2.39. The van der Waals surface area contributed by atoms with Crippen molar-refractivity contribution in [1.82, 2.24) is 10.2 Å². The largest absolute Gasteiger partial charge is 0.454 e. The lowest BCUT2D eigenvalue weighted by atomic mass is 10.2. The third kappa shape index (κ3) is 4.17. The van der Waals surface area contributed by atoms with Crippen LogP contribution in [0.25, 0.3) is 0 Å². The Hall–Kier alpha value is -1.63. The molecule has 1 aromatic rings. The van der Waals surface area contributed by atoms with Crippen molar-refractivity contribution in [3.8, 4) is 0 Å². The predicted octanol–water partition coefficient (Wildman–Crippen LogP) is 1.28. The summed E-state index contributed by atoms with van der Waals surface area (Å²) >= 11 is 1.98. The number of nitrogens with two attached hydrogens (primary N) is 1. The number of carbonyl (C=O) groups excluding carboxylic acids is 1. The van der Waals surface area contributed by atoms with E-state index in [9.17, 15) is 4.79 Å². The van der Waals surface area contributed by atoms with Crippen molar-refractivity contribution >= 4 is 23.6 Å². The number of primary amides is 1. The zero-order valence-electron chi connectivity index (χ0n) is 12.7. The molecule has 1 aliphatic rings. The van der Waals surface area contributed by atoms with E-state index >= 15 is 0 Å². The summed E-state index contributed by atoms with van der Waals surface area (Å²) in [7, 11) is 1.77. The number of aliphatic imine (C=N–C) groups is 1. The van der Waals surface area contributed by atoms with E-state index < -0.39 is 5.91 Å². The predicted molar refractivity (Wildman–Crippen MR) is 85.5 cm³/mol. The monoisotopic (exact) mass is 310 g/mol. The molecule has 1 saturated heterocycles. The van der Waals surface area contributed by atoms with Crippen molar-refractivity contribution in [2.75, 3.05) is 25.9 Å². The van der Waals surface area contributed by atoms with Gasteiger partial charge in [0.2, 0.25) is 0 Å². The second kappa shape index (κ2) is 6.43. The molecule has 0 atom stereocenters. The Bertz CT molecular complexity index is 539. The Morgan fingerprint density at radius 3 is 2.90 bits per heavy atom. The molecule has 6 nitrogen and oxygen atoms in total. The highest BCUT2D eigenvalue weighted by atomic mass is 32.2. The summed E-state index contributed by atoms with van der Waals surface area (Å²) in [4.78, 5) is 17.6. The summed E-state index contributed by atoms with van der Waals surface area (Å²) in [5.74, 6) is 2.22. The number of rotatable bonds is 3. The van der Waals surface area contributed by atoms with Crippen LogP contribution in [0.4, 0.5) is 0 Å². The summed E-state index contributed by atoms with van der Waals surface area (Å²) < 4.78 is 5.58. The molecule has 0 saturated carbocycles. The SMILES string of the molecule is CN=C(NCc1ccc(C(N)=O)o1)N1CCSC(C)(C)C1. The van der Waals surface area contributed by atoms with E-state index in [0.29, 0.717) is 12.3 Å². The van der Waals surface area contributed by atoms with Gasteiger partial charge in [0, 0.05) is 30.6 Å². The van der Waals surface area contributed by atoms with Crippen LogP contribution in [0.5, 0.6) is 0 Å². The van der Waals surface area contributed by atoms with Gasteiger partial charge in [-0.3, -0.25) is 9.79 Å². The first-order valence-electron chi connectivity index (χ1n) is 6.89. The van der Waals surface area contributed by atoms with Gasteiger partial charge in [-0.2, -0.15) is 11.8 Å². The van der Waals surface area contributed by atoms with E-state index in [4.69, 9.17) is 10.2 Å². The van der Waals surface area contributed by atoms with Gasteiger partial charge in [-0.15, -0.1) is 0 Å². The van der Waals surface area contributed by atoms with Gasteiger partial charge in [-0.25, -0.2) is 0 Å². The summed E-state index contributed by atoms with van der Waals surface area (Å²) in [6, 6.07) is 3.33. The Balaban J connectivity index is 1.95. The molecule has 2 heterocycles. The number of guanidine groups is 1. The first-order chi connectivity index (χ1) is 9.91. The molecule has 1 aliphatic heterocycles. The van der Waals surface area contributed by atoms with Gasteiger partial charge in [0.05, 0.1) is 6.54 Å². The molecule has 0 unspecified atom stereocenters. The Morgan fingerprint density at radius 2 is 2.33 bits per heavy atom. The van der Waals surface area contributed by atoms with E-state index in [0.717, 1.165) is 24.8 Å². The van der Waals surface area contributed by atoms with Crippen LogP contribution in [0.3, 0.4) is 0 Å². The minimum Gasteiger partial charge on any atom is -0.454 e. The molecule has 0 radical (unpaired) electrons. The number of nitrogens with zero attached hydrogens (tertiary/aromatic N) is 2. The third-order valence-corrected chi connectivity index (χ3v) is 4.56. The first kappa shape index (κ1) is 15.8. The fourth-order valence-corrected chi connectivity index (χ4v) is 3.41.